The second-order valence-electron chi connectivity index (χ2n) is 3.09. The van der Waals surface area contributed by atoms with Crippen molar-refractivity contribution in [3.8, 4) is 0 Å². The number of hydrogen-bond donors (Lipinski definition) is 0. The number of thioether (sulfide) groups is 1. The lowest BCUT2D eigenvalue weighted by Crippen LogP contribution is -2.02. The molecule has 0 nitrogen and oxygen atoms in total. The van der Waals surface area contributed by atoms with Crippen molar-refractivity contribution in [2.45, 2.75) is 23.2 Å². The Balaban J connectivity index is 2.89. The van der Waals surface area contributed by atoms with Crippen molar-refractivity contribution in [2.75, 3.05) is 5.88 Å². The quantitative estimate of drug-likeness (QED) is 0.438. The second kappa shape index (κ2) is 5.77. The van der Waals surface area contributed by atoms with E-state index in [2.05, 4.69) is 0 Å². The average Bonchev–Trinajstić information content (AvgIpc) is 2.14. The van der Waals surface area contributed by atoms with E-state index in [1.165, 1.54) is 6.07 Å². The number of aryl methyl sites for hydroxylation is 1. The van der Waals surface area contributed by atoms with Gasteiger partial charge < -0.3 is 0 Å². The van der Waals surface area contributed by atoms with Crippen molar-refractivity contribution in [2.24, 2.45) is 0 Å². The number of halogens is 5. The molecule has 90 valence electrons. The van der Waals surface area contributed by atoms with Crippen LogP contribution in [-0.4, -0.2) is 11.4 Å². The summed E-state index contributed by atoms with van der Waals surface area (Å²) in [5.41, 5.74) is -3.92. The summed E-state index contributed by atoms with van der Waals surface area (Å²) in [5.74, 6) is -0.297. The first-order chi connectivity index (χ1) is 7.42. The molecule has 0 radical (unpaired) electrons. The molecule has 0 aliphatic heterocycles. The molecule has 16 heavy (non-hydrogen) atoms. The smallest absolute Gasteiger partial charge is 0.207 e. The first-order valence-electron chi connectivity index (χ1n) is 4.52. The molecule has 1 aromatic rings. The molecule has 0 unspecified atom stereocenters. The minimum absolute atomic E-state index is 0.0855. The lowest BCUT2D eigenvalue weighted by atomic mass is 10.1. The molecule has 1 rings (SSSR count). The van der Waals surface area contributed by atoms with Gasteiger partial charge in [0.25, 0.3) is 0 Å². The fourth-order valence-corrected chi connectivity index (χ4v) is 2.07. The molecular formula is C10H9ClF4S. The molecular weight excluding hydrogens is 264 g/mol. The second-order valence-corrected chi connectivity index (χ2v) is 4.58. The third kappa shape index (κ3) is 4.61. The van der Waals surface area contributed by atoms with Crippen LogP contribution in [0, 0.1) is 5.82 Å². The maximum atomic E-state index is 12.8. The minimum Gasteiger partial charge on any atom is -0.207 e. The van der Waals surface area contributed by atoms with Crippen LogP contribution < -0.4 is 0 Å². The van der Waals surface area contributed by atoms with E-state index >= 15 is 0 Å². The molecule has 0 spiro atoms. The van der Waals surface area contributed by atoms with Crippen molar-refractivity contribution in [3.63, 3.8) is 0 Å². The van der Waals surface area contributed by atoms with E-state index in [0.29, 0.717) is 24.3 Å². The molecule has 0 bridgehead atoms. The van der Waals surface area contributed by atoms with Gasteiger partial charge in [0.05, 0.1) is 0 Å². The van der Waals surface area contributed by atoms with Crippen LogP contribution in [0.5, 0.6) is 0 Å². The maximum Gasteiger partial charge on any atom is 0.446 e. The van der Waals surface area contributed by atoms with E-state index in [9.17, 15) is 17.6 Å². The van der Waals surface area contributed by atoms with Crippen molar-refractivity contribution in [1.29, 1.82) is 0 Å². The zero-order chi connectivity index (χ0) is 12.2. The number of hydrogen-bond acceptors (Lipinski definition) is 1. The summed E-state index contributed by atoms with van der Waals surface area (Å²) >= 11 is 5.17. The number of alkyl halides is 4. The minimum atomic E-state index is -4.40. The van der Waals surface area contributed by atoms with E-state index in [-0.39, 0.29) is 16.7 Å². The molecule has 0 aliphatic carbocycles. The van der Waals surface area contributed by atoms with Gasteiger partial charge in [0.15, 0.2) is 0 Å². The van der Waals surface area contributed by atoms with Gasteiger partial charge in [-0.25, -0.2) is 4.39 Å². The van der Waals surface area contributed by atoms with Crippen LogP contribution in [0.4, 0.5) is 17.6 Å². The molecule has 0 atom stereocenters. The molecule has 0 fully saturated rings. The van der Waals surface area contributed by atoms with Crippen molar-refractivity contribution >= 4 is 23.4 Å². The first kappa shape index (κ1) is 13.6. The zero-order valence-electron chi connectivity index (χ0n) is 8.15. The predicted molar refractivity (Wildman–Crippen MR) is 57.4 cm³/mol. The Morgan fingerprint density at radius 3 is 2.50 bits per heavy atom. The van der Waals surface area contributed by atoms with Crippen LogP contribution in [0.25, 0.3) is 0 Å². The highest BCUT2D eigenvalue weighted by atomic mass is 35.5. The van der Waals surface area contributed by atoms with Gasteiger partial charge in [0.1, 0.15) is 5.82 Å². The van der Waals surface area contributed by atoms with E-state index < -0.39 is 11.3 Å². The summed E-state index contributed by atoms with van der Waals surface area (Å²) in [4.78, 5) is -0.0855. The van der Waals surface area contributed by atoms with E-state index in [1.54, 1.807) is 0 Å². The average molecular weight is 273 g/mol. The maximum absolute atomic E-state index is 12.8. The Hall–Kier alpha value is -0.420. The fraction of sp³-hybridized carbons (Fsp3) is 0.400. The highest BCUT2D eigenvalue weighted by molar-refractivity contribution is 8.00. The Labute approximate surface area is 100.0 Å². The number of benzene rings is 1. The van der Waals surface area contributed by atoms with Gasteiger partial charge in [0.2, 0.25) is 0 Å². The first-order valence-corrected chi connectivity index (χ1v) is 5.87. The molecule has 1 aromatic carbocycles. The monoisotopic (exact) mass is 272 g/mol. The lowest BCUT2D eigenvalue weighted by molar-refractivity contribution is -0.0328. The molecule has 0 amide bonds. The fourth-order valence-electron chi connectivity index (χ4n) is 1.21. The van der Waals surface area contributed by atoms with Crippen molar-refractivity contribution in [1.82, 2.24) is 0 Å². The predicted octanol–water partition coefficient (Wildman–Crippen LogP) is 4.61. The van der Waals surface area contributed by atoms with Crippen LogP contribution in [0.3, 0.4) is 0 Å². The third-order valence-corrected chi connectivity index (χ3v) is 2.93. The van der Waals surface area contributed by atoms with Gasteiger partial charge >= 0.3 is 5.51 Å². The summed E-state index contributed by atoms with van der Waals surface area (Å²) < 4.78 is 49.4. The molecule has 0 aliphatic rings. The van der Waals surface area contributed by atoms with Gasteiger partial charge in [-0.05, 0) is 42.3 Å². The molecule has 0 N–H and O–H groups in total. The van der Waals surface area contributed by atoms with Gasteiger partial charge in [-0.1, -0.05) is 6.07 Å². The van der Waals surface area contributed by atoms with E-state index in [0.717, 1.165) is 12.1 Å². The van der Waals surface area contributed by atoms with Crippen LogP contribution in [-0.2, 0) is 6.42 Å². The van der Waals surface area contributed by atoms with Gasteiger partial charge in [-0.2, -0.15) is 13.2 Å². The Morgan fingerprint density at radius 2 is 1.94 bits per heavy atom. The zero-order valence-corrected chi connectivity index (χ0v) is 9.72. The highest BCUT2D eigenvalue weighted by Gasteiger charge is 2.30. The summed E-state index contributed by atoms with van der Waals surface area (Å²) in [6.45, 7) is 0. The largest absolute Gasteiger partial charge is 0.446 e. The van der Waals surface area contributed by atoms with E-state index in [1.807, 2.05) is 0 Å². The third-order valence-electron chi connectivity index (χ3n) is 1.83. The standard InChI is InChI=1S/C10H9ClF4S/c11-5-1-2-7-3-4-8(12)6-9(7)16-10(13,14)15/h3-4,6H,1-2,5H2. The van der Waals surface area contributed by atoms with Gasteiger partial charge in [-0.15, -0.1) is 11.6 Å². The van der Waals surface area contributed by atoms with Crippen LogP contribution in [0.1, 0.15) is 12.0 Å². The summed E-state index contributed by atoms with van der Waals surface area (Å²) in [6, 6.07) is 3.43. The van der Waals surface area contributed by atoms with Gasteiger partial charge in [-0.3, -0.25) is 0 Å². The van der Waals surface area contributed by atoms with Crippen molar-refractivity contribution in [3.05, 3.63) is 29.6 Å². The highest BCUT2D eigenvalue weighted by Crippen LogP contribution is 2.39. The van der Waals surface area contributed by atoms with Crippen LogP contribution in [0.15, 0.2) is 23.1 Å². The topological polar surface area (TPSA) is 0 Å². The lowest BCUT2D eigenvalue weighted by Gasteiger charge is -2.10. The summed E-state index contributed by atoms with van der Waals surface area (Å²) in [5, 5.41) is 0. The summed E-state index contributed by atoms with van der Waals surface area (Å²) in [6.07, 6.45) is 0.987. The molecule has 0 aromatic heterocycles. The van der Waals surface area contributed by atoms with Crippen LogP contribution >= 0.6 is 23.4 Å². The molecule has 0 heterocycles. The molecule has 0 saturated carbocycles. The SMILES string of the molecule is Fc1ccc(CCCCl)c(SC(F)(F)F)c1. The Morgan fingerprint density at radius 1 is 1.25 bits per heavy atom. The normalized spacial score (nSPS) is 11.8. The number of rotatable bonds is 4. The Bertz CT molecular complexity index is 351. The van der Waals surface area contributed by atoms with Gasteiger partial charge in [0, 0.05) is 10.8 Å². The van der Waals surface area contributed by atoms with E-state index in [4.69, 9.17) is 11.6 Å². The van der Waals surface area contributed by atoms with Crippen LogP contribution in [0.2, 0.25) is 0 Å². The van der Waals surface area contributed by atoms with Crippen molar-refractivity contribution < 1.29 is 17.6 Å². The molecule has 6 heteroatoms. The summed E-state index contributed by atoms with van der Waals surface area (Å²) in [7, 11) is 0. The Kier molecular flexibility index (Phi) is 4.92. The molecule has 0 saturated heterocycles.